The molecule has 74 heavy (non-hydrogen) atoms. The quantitative estimate of drug-likeness (QED) is 0.0134. The van der Waals surface area contributed by atoms with Crippen molar-refractivity contribution >= 4 is 35.9 Å². The third-order valence-corrected chi connectivity index (χ3v) is 13.6. The molecule has 0 aromatic heterocycles. The average Bonchev–Trinajstić information content (AvgIpc) is 3.31. The number of unbranched alkanes of at least 4 members (excludes halogenated alkanes) is 7. The number of allylic oxidation sites excluding steroid dienone is 6. The fourth-order valence-electron chi connectivity index (χ4n) is 9.13. The maximum Gasteiger partial charge on any atom is 0.311 e. The number of benzene rings is 2. The number of esters is 2. The molecule has 15 heteroatoms. The molecule has 0 amide bonds. The third-order valence-electron chi connectivity index (χ3n) is 13.0. The number of aliphatic hydroxyl groups is 2. The molecule has 13 nitrogen and oxygen atoms in total. The van der Waals surface area contributed by atoms with Crippen LogP contribution in [0.2, 0.25) is 6.80 Å². The summed E-state index contributed by atoms with van der Waals surface area (Å²) in [5, 5.41) is 47.3. The van der Waals surface area contributed by atoms with Crippen molar-refractivity contribution in [3.05, 3.63) is 94.1 Å². The van der Waals surface area contributed by atoms with Crippen molar-refractivity contribution in [2.75, 3.05) is 26.1 Å². The van der Waals surface area contributed by atoms with Crippen molar-refractivity contribution in [1.29, 1.82) is 0 Å². The topological polar surface area (TPSA) is 214 Å². The van der Waals surface area contributed by atoms with Crippen LogP contribution in [-0.2, 0) is 41.5 Å². The first-order chi connectivity index (χ1) is 35.6. The van der Waals surface area contributed by atoms with Gasteiger partial charge in [0.25, 0.3) is 10.1 Å². The molecule has 2 aromatic rings. The van der Waals surface area contributed by atoms with Gasteiger partial charge in [0.2, 0.25) is 0 Å². The standard InChI is InChI=1S/C27H40O6S.C26H38O4.C5H10O3.CH3B/c1-6-7-8-11-21-17-24(28)27(23-16-20(4)13-14-22(23)19(2)3)25(18-21)33-26(29)12-9-10-15-32-34(5,30)31;1-5-6-7-10-20-16-23(28)26(22-15-19(4)12-13-21(22)18(2)3)24(17-20)30-25(29)11-8-9-14-27;6-4-2-1-3-5(7)8;1-2/h16-18,22-23,28H,2,6-15H2,1,3-5H3;15-17,21-22,27-28H,2,5-14H2,1,3-4H3;6H,1-4H2,(H,7,8);1H3/t22-,23+;21-,22+;;/m00../s1/i;;;1D. The normalized spacial score (nSPS) is 17.3. The van der Waals surface area contributed by atoms with Crippen LogP contribution in [0.1, 0.15) is 199 Å². The number of aliphatic carboxylic acids is 1. The number of rotatable bonds is 28. The van der Waals surface area contributed by atoms with Crippen molar-refractivity contribution in [1.82, 2.24) is 0 Å². The van der Waals surface area contributed by atoms with Crippen LogP contribution in [0.15, 0.2) is 71.9 Å². The largest absolute Gasteiger partial charge is 0.507 e. The SMILES string of the molecule is C=C(C)[C@@H]1CCC(C)=C[C@H]1c1c(O)cc(CCCCC)cc1OC(=O)CCCCO.C=C(C)[C@@H]1CCC(C)=C[C@H]1c1c(O)cc(CCCCC)cc1OC(=O)CCCCOS(C)(=O)=O.O=C(O)CCCCO.[2H]C[B]. The number of carboxylic acid groups (broad SMARTS) is 1. The number of hydrogen-bond donors (Lipinski definition) is 5. The van der Waals surface area contributed by atoms with Gasteiger partial charge in [-0.3, -0.25) is 18.6 Å². The second kappa shape index (κ2) is 37.1. The highest BCUT2D eigenvalue weighted by molar-refractivity contribution is 7.85. The average molecular weight is 1050 g/mol. The summed E-state index contributed by atoms with van der Waals surface area (Å²) in [4.78, 5) is 34.9. The van der Waals surface area contributed by atoms with E-state index in [0.29, 0.717) is 61.2 Å². The molecule has 0 spiro atoms. The van der Waals surface area contributed by atoms with Crippen molar-refractivity contribution < 1.29 is 63.4 Å². The number of hydrogen-bond acceptors (Lipinski definition) is 12. The molecule has 0 bridgehead atoms. The van der Waals surface area contributed by atoms with Crippen LogP contribution in [-0.4, -0.2) is 85.8 Å². The van der Waals surface area contributed by atoms with Crippen LogP contribution in [0.3, 0.4) is 0 Å². The summed E-state index contributed by atoms with van der Waals surface area (Å²) in [6.45, 7) is 21.1. The van der Waals surface area contributed by atoms with Crippen LogP contribution in [0.25, 0.3) is 0 Å². The minimum Gasteiger partial charge on any atom is -0.507 e. The lowest BCUT2D eigenvalue weighted by Crippen LogP contribution is -2.19. The third kappa shape index (κ3) is 26.2. The van der Waals surface area contributed by atoms with Crippen molar-refractivity contribution in [2.24, 2.45) is 11.8 Å². The van der Waals surface area contributed by atoms with Crippen molar-refractivity contribution in [2.45, 2.75) is 195 Å². The van der Waals surface area contributed by atoms with E-state index in [1.165, 1.54) is 11.1 Å². The summed E-state index contributed by atoms with van der Waals surface area (Å²) in [6.07, 6.45) is 21.2. The lowest BCUT2D eigenvalue weighted by atomic mass is 9.73. The minimum atomic E-state index is -3.48. The zero-order valence-electron chi connectivity index (χ0n) is 46.9. The number of carbonyl (C=O) groups is 3. The highest BCUT2D eigenvalue weighted by atomic mass is 32.2. The first kappa shape index (κ1) is 65.4. The second-order valence-corrected chi connectivity index (χ2v) is 21.4. The Morgan fingerprint density at radius 2 is 1.07 bits per heavy atom. The molecule has 2 radical (unpaired) electrons. The van der Waals surface area contributed by atoms with Gasteiger partial charge in [0.05, 0.1) is 20.7 Å². The van der Waals surface area contributed by atoms with Crippen LogP contribution < -0.4 is 9.47 Å². The van der Waals surface area contributed by atoms with E-state index < -0.39 is 22.1 Å². The lowest BCUT2D eigenvalue weighted by molar-refractivity contribution is -0.137. The fraction of sp³-hybridized carbons (Fsp3) is 0.610. The number of aromatic hydroxyl groups is 2. The van der Waals surface area contributed by atoms with E-state index in [0.717, 1.165) is 106 Å². The van der Waals surface area contributed by atoms with Crippen molar-refractivity contribution in [3.63, 3.8) is 0 Å². The first-order valence-corrected chi connectivity index (χ1v) is 28.4. The zero-order chi connectivity index (χ0) is 56.5. The summed E-state index contributed by atoms with van der Waals surface area (Å²) < 4.78 is 44.5. The van der Waals surface area contributed by atoms with Gasteiger partial charge in [-0.15, -0.1) is 0 Å². The van der Waals surface area contributed by atoms with E-state index in [1.54, 1.807) is 6.07 Å². The molecule has 2 aromatic carbocycles. The number of carboxylic acids is 1. The van der Waals surface area contributed by atoms with Gasteiger partial charge in [-0.1, -0.05) is 93.9 Å². The maximum absolute atomic E-state index is 12.7. The smallest absolute Gasteiger partial charge is 0.311 e. The number of phenols is 2. The van der Waals surface area contributed by atoms with E-state index in [2.05, 4.69) is 60.9 Å². The molecule has 0 saturated heterocycles. The number of aryl methyl sites for hydroxylation is 2. The van der Waals surface area contributed by atoms with Crippen LogP contribution in [0.5, 0.6) is 23.0 Å². The Kier molecular flexibility index (Phi) is 32.8. The molecule has 414 valence electrons. The number of phenolic OH excluding ortho intramolecular Hbond substituents is 2. The highest BCUT2D eigenvalue weighted by Crippen LogP contribution is 2.48. The van der Waals surface area contributed by atoms with Crippen LogP contribution in [0, 0.1) is 11.8 Å². The van der Waals surface area contributed by atoms with E-state index in [4.69, 9.17) is 30.3 Å². The minimum absolute atomic E-state index is 0. The number of carbonyl (C=O) groups excluding carboxylic acids is 2. The van der Waals surface area contributed by atoms with Crippen LogP contribution >= 0.6 is 0 Å². The molecular formula is C59H91BO13S. The Bertz CT molecular complexity index is 2260. The second-order valence-electron chi connectivity index (χ2n) is 19.7. The monoisotopic (exact) mass is 1050 g/mol. The van der Waals surface area contributed by atoms with Gasteiger partial charge in [0, 0.05) is 56.8 Å². The molecule has 4 atom stereocenters. The van der Waals surface area contributed by atoms with Gasteiger partial charge in [-0.05, 0) is 165 Å². The molecule has 4 rings (SSSR count). The fourth-order valence-corrected chi connectivity index (χ4v) is 9.55. The Morgan fingerprint density at radius 1 is 0.676 bits per heavy atom. The summed E-state index contributed by atoms with van der Waals surface area (Å²) in [7, 11) is 1.03. The zero-order valence-corrected chi connectivity index (χ0v) is 46.7. The van der Waals surface area contributed by atoms with Crippen LogP contribution in [0.4, 0.5) is 0 Å². The summed E-state index contributed by atoms with van der Waals surface area (Å²) in [5.41, 5.74) is 7.92. The molecule has 0 saturated carbocycles. The highest BCUT2D eigenvalue weighted by Gasteiger charge is 2.33. The predicted molar refractivity (Wildman–Crippen MR) is 298 cm³/mol. The Labute approximate surface area is 447 Å². The molecule has 0 heterocycles. The lowest BCUT2D eigenvalue weighted by Gasteiger charge is -2.32. The van der Waals surface area contributed by atoms with E-state index in [9.17, 15) is 33.0 Å². The summed E-state index contributed by atoms with van der Waals surface area (Å²) >= 11 is 0. The summed E-state index contributed by atoms with van der Waals surface area (Å²) in [6, 6.07) is 7.46. The van der Waals surface area contributed by atoms with Gasteiger partial charge in [-0.25, -0.2) is 0 Å². The Morgan fingerprint density at radius 3 is 1.42 bits per heavy atom. The van der Waals surface area contributed by atoms with Gasteiger partial charge in [-0.2, -0.15) is 8.42 Å². The predicted octanol–water partition coefficient (Wildman–Crippen LogP) is 12.8. The molecule has 0 aliphatic heterocycles. The van der Waals surface area contributed by atoms with Gasteiger partial charge >= 0.3 is 17.9 Å². The van der Waals surface area contributed by atoms with Gasteiger partial charge < -0.3 is 35.0 Å². The number of aliphatic hydroxyl groups excluding tert-OH is 2. The maximum atomic E-state index is 12.7. The molecular weight excluding hydrogens is 960 g/mol. The molecule has 2 aliphatic rings. The molecule has 2 aliphatic carbocycles. The Hall–Kier alpha value is -4.70. The Balaban J connectivity index is 0.000000628. The van der Waals surface area contributed by atoms with E-state index >= 15 is 0 Å². The van der Waals surface area contributed by atoms with E-state index in [1.807, 2.05) is 32.0 Å². The van der Waals surface area contributed by atoms with Crippen molar-refractivity contribution in [3.8, 4) is 23.0 Å². The molecule has 0 unspecified atom stereocenters. The number of ether oxygens (including phenoxy) is 2. The molecule has 0 fully saturated rings. The molecule has 5 N–H and O–H groups in total. The van der Waals surface area contributed by atoms with E-state index in [-0.39, 0.29) is 87.0 Å². The first-order valence-electron chi connectivity index (χ1n) is 27.3. The summed E-state index contributed by atoms with van der Waals surface area (Å²) in [5.74, 6) is -0.0916. The van der Waals surface area contributed by atoms with Gasteiger partial charge in [0.15, 0.2) is 0 Å². The van der Waals surface area contributed by atoms with Gasteiger partial charge in [0.1, 0.15) is 23.0 Å².